The molecule has 3 heteroatoms. The van der Waals surface area contributed by atoms with Gasteiger partial charge in [0.05, 0.1) is 18.5 Å². The summed E-state index contributed by atoms with van der Waals surface area (Å²) in [6.45, 7) is 1.95. The molecule has 0 aliphatic carbocycles. The van der Waals surface area contributed by atoms with Crippen molar-refractivity contribution >= 4 is 0 Å². The zero-order valence-corrected chi connectivity index (χ0v) is 8.19. The van der Waals surface area contributed by atoms with Gasteiger partial charge in [-0.2, -0.15) is 0 Å². The smallest absolute Gasteiger partial charge is 0.0777 e. The van der Waals surface area contributed by atoms with Crippen LogP contribution >= 0.6 is 0 Å². The number of hydrogen-bond acceptors (Lipinski definition) is 3. The van der Waals surface area contributed by atoms with Crippen LogP contribution < -0.4 is 0 Å². The highest BCUT2D eigenvalue weighted by Gasteiger charge is 2.02. The third-order valence-corrected chi connectivity index (χ3v) is 2.07. The van der Waals surface area contributed by atoms with Gasteiger partial charge in [-0.05, 0) is 25.3 Å². The molecule has 0 aliphatic rings. The molecule has 0 aromatic carbocycles. The molecule has 3 N–H and O–H groups in total. The van der Waals surface area contributed by atoms with Crippen LogP contribution in [0.25, 0.3) is 0 Å². The summed E-state index contributed by atoms with van der Waals surface area (Å²) in [5.41, 5.74) is 0. The molecule has 0 radical (unpaired) electrons. The fourth-order valence-corrected chi connectivity index (χ4v) is 1.13. The van der Waals surface area contributed by atoms with Crippen LogP contribution in [-0.2, 0) is 0 Å². The molecule has 2 unspecified atom stereocenters. The topological polar surface area (TPSA) is 60.7 Å². The summed E-state index contributed by atoms with van der Waals surface area (Å²) in [6, 6.07) is 0. The monoisotopic (exact) mass is 188 g/mol. The van der Waals surface area contributed by atoms with Crippen molar-refractivity contribution in [1.29, 1.82) is 0 Å². The first-order valence-electron chi connectivity index (χ1n) is 4.87. The second-order valence-corrected chi connectivity index (χ2v) is 3.26. The average Bonchev–Trinajstić information content (AvgIpc) is 2.12. The molecule has 0 amide bonds. The Bertz CT molecular complexity index is 134. The van der Waals surface area contributed by atoms with Crippen molar-refractivity contribution in [3.63, 3.8) is 0 Å². The lowest BCUT2D eigenvalue weighted by atomic mass is 10.1. The molecule has 0 aromatic heterocycles. The van der Waals surface area contributed by atoms with E-state index in [2.05, 4.69) is 0 Å². The van der Waals surface area contributed by atoms with Gasteiger partial charge >= 0.3 is 0 Å². The van der Waals surface area contributed by atoms with Crippen LogP contribution in [0.3, 0.4) is 0 Å². The van der Waals surface area contributed by atoms with E-state index in [9.17, 15) is 5.11 Å². The highest BCUT2D eigenvalue weighted by Crippen LogP contribution is 2.08. The number of aliphatic hydroxyl groups is 3. The van der Waals surface area contributed by atoms with Crippen LogP contribution in [0.1, 0.15) is 39.0 Å². The van der Waals surface area contributed by atoms with Crippen LogP contribution in [0, 0.1) is 0 Å². The van der Waals surface area contributed by atoms with Gasteiger partial charge in [-0.3, -0.25) is 0 Å². The maximum absolute atomic E-state index is 9.21. The summed E-state index contributed by atoms with van der Waals surface area (Å²) >= 11 is 0. The van der Waals surface area contributed by atoms with Crippen molar-refractivity contribution < 1.29 is 15.3 Å². The molecule has 0 heterocycles. The Balaban J connectivity index is 3.25. The molecule has 0 bridgehead atoms. The Morgan fingerprint density at radius 1 is 1.15 bits per heavy atom. The molecule has 0 rings (SSSR count). The maximum Gasteiger partial charge on any atom is 0.0777 e. The maximum atomic E-state index is 9.21. The van der Waals surface area contributed by atoms with Crippen LogP contribution in [0.15, 0.2) is 12.3 Å². The van der Waals surface area contributed by atoms with Crippen molar-refractivity contribution in [3.05, 3.63) is 12.3 Å². The van der Waals surface area contributed by atoms with Crippen LogP contribution in [0.5, 0.6) is 0 Å². The van der Waals surface area contributed by atoms with Gasteiger partial charge in [0.25, 0.3) is 0 Å². The molecule has 13 heavy (non-hydrogen) atoms. The van der Waals surface area contributed by atoms with Crippen molar-refractivity contribution in [2.75, 3.05) is 0 Å². The number of unbranched alkanes of at least 4 members (excludes halogenated alkanes) is 1. The lowest BCUT2D eigenvalue weighted by molar-refractivity contribution is 0.152. The Morgan fingerprint density at radius 2 is 1.77 bits per heavy atom. The van der Waals surface area contributed by atoms with E-state index in [1.165, 1.54) is 6.08 Å². The van der Waals surface area contributed by atoms with Crippen molar-refractivity contribution in [3.8, 4) is 0 Å². The van der Waals surface area contributed by atoms with Gasteiger partial charge in [0.1, 0.15) is 0 Å². The van der Waals surface area contributed by atoms with Gasteiger partial charge < -0.3 is 15.3 Å². The van der Waals surface area contributed by atoms with E-state index < -0.39 is 6.10 Å². The van der Waals surface area contributed by atoms with Gasteiger partial charge in [0.15, 0.2) is 0 Å². The zero-order chi connectivity index (χ0) is 10.1. The van der Waals surface area contributed by atoms with Crippen LogP contribution in [0.2, 0.25) is 0 Å². The quantitative estimate of drug-likeness (QED) is 0.421. The van der Waals surface area contributed by atoms with Crippen LogP contribution in [0.4, 0.5) is 0 Å². The Kier molecular flexibility index (Phi) is 7.74. The van der Waals surface area contributed by atoms with E-state index in [0.717, 1.165) is 31.9 Å². The van der Waals surface area contributed by atoms with E-state index >= 15 is 0 Å². The fourth-order valence-electron chi connectivity index (χ4n) is 1.13. The van der Waals surface area contributed by atoms with Gasteiger partial charge in [-0.25, -0.2) is 0 Å². The summed E-state index contributed by atoms with van der Waals surface area (Å²) in [7, 11) is 0. The molecular formula is C10H20O3. The molecule has 2 atom stereocenters. The van der Waals surface area contributed by atoms with E-state index in [1.807, 2.05) is 6.92 Å². The second kappa shape index (κ2) is 8.08. The van der Waals surface area contributed by atoms with E-state index in [4.69, 9.17) is 10.2 Å². The third-order valence-electron chi connectivity index (χ3n) is 2.07. The van der Waals surface area contributed by atoms with Gasteiger partial charge in [-0.15, -0.1) is 0 Å². The largest absolute Gasteiger partial charge is 0.516 e. The lowest BCUT2D eigenvalue weighted by Crippen LogP contribution is -2.05. The summed E-state index contributed by atoms with van der Waals surface area (Å²) in [6.07, 6.45) is 5.50. The standard InChI is InChI=1S/C10H20O3/c1-2-9(12)5-3-4-6-10(13)7-8-11/h7-13H,2-6H2,1H3. The van der Waals surface area contributed by atoms with Crippen molar-refractivity contribution in [2.45, 2.75) is 51.2 Å². The zero-order valence-electron chi connectivity index (χ0n) is 8.19. The van der Waals surface area contributed by atoms with E-state index in [0.29, 0.717) is 6.42 Å². The molecule has 0 fully saturated rings. The average molecular weight is 188 g/mol. The minimum Gasteiger partial charge on any atom is -0.516 e. The number of hydrogen-bond donors (Lipinski definition) is 3. The first-order valence-corrected chi connectivity index (χ1v) is 4.87. The molecule has 0 spiro atoms. The van der Waals surface area contributed by atoms with Gasteiger partial charge in [-0.1, -0.05) is 19.8 Å². The number of aliphatic hydroxyl groups excluding tert-OH is 3. The normalized spacial score (nSPS) is 16.2. The predicted molar refractivity (Wildman–Crippen MR) is 52.5 cm³/mol. The third kappa shape index (κ3) is 7.81. The molecule has 0 aromatic rings. The van der Waals surface area contributed by atoms with Crippen molar-refractivity contribution in [1.82, 2.24) is 0 Å². The summed E-state index contributed by atoms with van der Waals surface area (Å²) in [5, 5.41) is 26.7. The summed E-state index contributed by atoms with van der Waals surface area (Å²) < 4.78 is 0. The first-order chi connectivity index (χ1) is 6.20. The van der Waals surface area contributed by atoms with Crippen molar-refractivity contribution in [2.24, 2.45) is 0 Å². The SMILES string of the molecule is CCC(O)CCCCC(O)C=CO. The highest BCUT2D eigenvalue weighted by molar-refractivity contribution is 4.81. The summed E-state index contributed by atoms with van der Waals surface area (Å²) in [5.74, 6) is 0. The molecular weight excluding hydrogens is 168 g/mol. The molecule has 0 aliphatic heterocycles. The fraction of sp³-hybridized carbons (Fsp3) is 0.800. The molecule has 78 valence electrons. The summed E-state index contributed by atoms with van der Waals surface area (Å²) in [4.78, 5) is 0. The lowest BCUT2D eigenvalue weighted by Gasteiger charge is -2.08. The minimum absolute atomic E-state index is 0.203. The highest BCUT2D eigenvalue weighted by atomic mass is 16.3. The van der Waals surface area contributed by atoms with E-state index in [1.54, 1.807) is 0 Å². The second-order valence-electron chi connectivity index (χ2n) is 3.26. The van der Waals surface area contributed by atoms with Crippen LogP contribution in [-0.4, -0.2) is 27.5 Å². The molecule has 0 saturated carbocycles. The van der Waals surface area contributed by atoms with E-state index in [-0.39, 0.29) is 6.10 Å². The van der Waals surface area contributed by atoms with Gasteiger partial charge in [0.2, 0.25) is 0 Å². The first kappa shape index (κ1) is 12.5. The minimum atomic E-state index is -0.552. The Labute approximate surface area is 79.7 Å². The number of rotatable bonds is 7. The Morgan fingerprint density at radius 3 is 2.31 bits per heavy atom. The Hall–Kier alpha value is -0.540. The van der Waals surface area contributed by atoms with Gasteiger partial charge in [0, 0.05) is 0 Å². The predicted octanol–water partition coefficient (Wildman–Crippen LogP) is 1.75. The molecule has 3 nitrogen and oxygen atoms in total. The molecule has 0 saturated heterocycles.